The van der Waals surface area contributed by atoms with Crippen LogP contribution in [-0.4, -0.2) is 14.2 Å². The van der Waals surface area contributed by atoms with Crippen molar-refractivity contribution in [2.45, 2.75) is 18.7 Å². The van der Waals surface area contributed by atoms with Crippen LogP contribution in [0.3, 0.4) is 0 Å². The van der Waals surface area contributed by atoms with Crippen molar-refractivity contribution in [1.29, 1.82) is 0 Å². The number of nitrogens with one attached hydrogen (secondary N) is 2. The highest BCUT2D eigenvalue weighted by Crippen LogP contribution is 2.28. The summed E-state index contributed by atoms with van der Waals surface area (Å²) in [7, 11) is -1.59. The van der Waals surface area contributed by atoms with Crippen LogP contribution in [0.1, 0.15) is 12.6 Å². The molecule has 0 aliphatic carbocycles. The maximum absolute atomic E-state index is 12.8. The number of benzene rings is 1. The molecule has 2 N–H and O–H groups in total. The van der Waals surface area contributed by atoms with Gasteiger partial charge >= 0.3 is 0 Å². The molecular formula is C20H18Cl2N4OS. The molecule has 0 aliphatic heterocycles. The van der Waals surface area contributed by atoms with Gasteiger partial charge in [-0.2, -0.15) is 0 Å². The molecule has 0 amide bonds. The predicted octanol–water partition coefficient (Wildman–Crippen LogP) is 5.84. The lowest BCUT2D eigenvalue weighted by Gasteiger charge is -2.12. The molecule has 8 heteroatoms. The molecule has 0 bridgehead atoms. The van der Waals surface area contributed by atoms with Crippen LogP contribution in [0.5, 0.6) is 0 Å². The van der Waals surface area contributed by atoms with Gasteiger partial charge in [-0.3, -0.25) is 9.71 Å². The van der Waals surface area contributed by atoms with Gasteiger partial charge < -0.3 is 5.32 Å². The Labute approximate surface area is 176 Å². The molecule has 1 atom stereocenters. The number of halogens is 2. The topological polar surface area (TPSA) is 66.9 Å². The maximum atomic E-state index is 12.8. The Bertz CT molecular complexity index is 1070. The van der Waals surface area contributed by atoms with Gasteiger partial charge in [-0.15, -0.1) is 0 Å². The van der Waals surface area contributed by atoms with E-state index in [0.717, 1.165) is 16.8 Å². The molecule has 0 radical (unpaired) electrons. The van der Waals surface area contributed by atoms with Crippen LogP contribution in [0, 0.1) is 6.92 Å². The first-order chi connectivity index (χ1) is 13.3. The predicted molar refractivity (Wildman–Crippen MR) is 117 cm³/mol. The summed E-state index contributed by atoms with van der Waals surface area (Å²) < 4.78 is 15.7. The van der Waals surface area contributed by atoms with E-state index < -0.39 is 11.0 Å². The normalized spacial score (nSPS) is 11.7. The first kappa shape index (κ1) is 20.3. The van der Waals surface area contributed by atoms with Crippen LogP contribution in [0.15, 0.2) is 66.0 Å². The number of aromatic nitrogens is 2. The van der Waals surface area contributed by atoms with E-state index in [4.69, 9.17) is 23.2 Å². The highest BCUT2D eigenvalue weighted by Gasteiger charge is 2.13. The third kappa shape index (κ3) is 4.90. The summed E-state index contributed by atoms with van der Waals surface area (Å²) in [5.41, 5.74) is 3.92. The summed E-state index contributed by atoms with van der Waals surface area (Å²) >= 11 is 12.2. The van der Waals surface area contributed by atoms with Crippen molar-refractivity contribution >= 4 is 45.7 Å². The first-order valence-electron chi connectivity index (χ1n) is 8.32. The maximum Gasteiger partial charge on any atom is 0.151 e. The Balaban J connectivity index is 1.91. The fourth-order valence-electron chi connectivity index (χ4n) is 2.47. The van der Waals surface area contributed by atoms with Gasteiger partial charge in [0.1, 0.15) is 5.82 Å². The molecule has 3 rings (SSSR count). The molecule has 144 valence electrons. The van der Waals surface area contributed by atoms with Crippen LogP contribution in [0.25, 0.3) is 11.1 Å². The molecule has 28 heavy (non-hydrogen) atoms. The molecule has 2 heterocycles. The minimum atomic E-state index is -1.59. The minimum absolute atomic E-state index is 0.377. The molecule has 2 aromatic heterocycles. The van der Waals surface area contributed by atoms with Crippen LogP contribution >= 0.6 is 23.2 Å². The van der Waals surface area contributed by atoms with E-state index in [1.54, 1.807) is 30.6 Å². The van der Waals surface area contributed by atoms with Crippen molar-refractivity contribution in [3.63, 3.8) is 0 Å². The molecule has 1 aromatic carbocycles. The van der Waals surface area contributed by atoms with E-state index in [0.29, 0.717) is 32.1 Å². The quantitative estimate of drug-likeness (QED) is 0.513. The zero-order valence-electron chi connectivity index (χ0n) is 15.3. The zero-order chi connectivity index (χ0) is 20.3. The lowest BCUT2D eigenvalue weighted by Crippen LogP contribution is -2.07. The van der Waals surface area contributed by atoms with Gasteiger partial charge in [0.15, 0.2) is 11.0 Å². The van der Waals surface area contributed by atoms with E-state index in [-0.39, 0.29) is 0 Å². The van der Waals surface area contributed by atoms with Crippen LogP contribution in [0.4, 0.5) is 11.5 Å². The average Bonchev–Trinajstić information content (AvgIpc) is 2.65. The average molecular weight is 433 g/mol. The van der Waals surface area contributed by atoms with Gasteiger partial charge in [0.25, 0.3) is 0 Å². The number of aryl methyl sites for hydroxylation is 1. The monoisotopic (exact) mass is 432 g/mol. The largest absolute Gasteiger partial charge is 0.345 e. The van der Waals surface area contributed by atoms with Gasteiger partial charge in [0, 0.05) is 28.7 Å². The number of pyridine rings is 2. The number of nitrogens with zero attached hydrogens (tertiary/aromatic N) is 2. The summed E-state index contributed by atoms with van der Waals surface area (Å²) in [4.78, 5) is 9.10. The molecule has 5 nitrogen and oxygen atoms in total. The standard InChI is InChI=1S/C20H18Cl2N4OS/c1-12(2)25-20-9-14(6-7-23-20)15-8-18(13(3)24-11-15)26-28(27)19-10-16(21)4-5-17(19)22/h4-11,26H,1H2,2-3H3,(H,23,25). The van der Waals surface area contributed by atoms with E-state index in [9.17, 15) is 4.21 Å². The van der Waals surface area contributed by atoms with Crippen LogP contribution in [-0.2, 0) is 11.0 Å². The number of hydrogen-bond acceptors (Lipinski definition) is 4. The number of hydrogen-bond donors (Lipinski definition) is 2. The zero-order valence-corrected chi connectivity index (χ0v) is 17.6. The second kappa shape index (κ2) is 8.73. The highest BCUT2D eigenvalue weighted by atomic mass is 35.5. The molecule has 1 unspecified atom stereocenters. The summed E-state index contributed by atoms with van der Waals surface area (Å²) in [6, 6.07) is 10.5. The number of anilines is 2. The lowest BCUT2D eigenvalue weighted by molar-refractivity contribution is 0.686. The molecular weight excluding hydrogens is 415 g/mol. The summed E-state index contributed by atoms with van der Waals surface area (Å²) in [6.45, 7) is 7.52. The minimum Gasteiger partial charge on any atom is -0.345 e. The SMILES string of the molecule is C=C(C)Nc1cc(-c2cnc(C)c(NS(=O)c3cc(Cl)ccc3Cl)c2)ccn1. The van der Waals surface area contributed by atoms with Gasteiger partial charge in [-0.05, 0) is 55.8 Å². The Morgan fingerprint density at radius 1 is 1.11 bits per heavy atom. The number of rotatable bonds is 6. The first-order valence-corrected chi connectivity index (χ1v) is 10.2. The summed E-state index contributed by atoms with van der Waals surface area (Å²) in [5.74, 6) is 0.689. The van der Waals surface area contributed by atoms with E-state index >= 15 is 0 Å². The van der Waals surface area contributed by atoms with Gasteiger partial charge in [0.2, 0.25) is 0 Å². The molecule has 0 aliphatic rings. The van der Waals surface area contributed by atoms with Crippen molar-refractivity contribution in [3.8, 4) is 11.1 Å². The van der Waals surface area contributed by atoms with Gasteiger partial charge in [-0.25, -0.2) is 9.19 Å². The Hall–Kier alpha value is -2.41. The van der Waals surface area contributed by atoms with Crippen LogP contribution < -0.4 is 10.0 Å². The molecule has 0 saturated heterocycles. The molecule has 0 saturated carbocycles. The molecule has 0 fully saturated rings. The fraction of sp³-hybridized carbons (Fsp3) is 0.100. The third-order valence-corrected chi connectivity index (χ3v) is 5.64. The van der Waals surface area contributed by atoms with E-state index in [1.807, 2.05) is 32.0 Å². The van der Waals surface area contributed by atoms with Crippen LogP contribution in [0.2, 0.25) is 10.0 Å². The number of allylic oxidation sites excluding steroid dienone is 1. The lowest BCUT2D eigenvalue weighted by atomic mass is 10.1. The fourth-order valence-corrected chi connectivity index (χ4v) is 4.03. The summed E-state index contributed by atoms with van der Waals surface area (Å²) in [6.07, 6.45) is 3.47. The smallest absolute Gasteiger partial charge is 0.151 e. The van der Waals surface area contributed by atoms with E-state index in [2.05, 4.69) is 26.6 Å². The van der Waals surface area contributed by atoms with Gasteiger partial charge in [-0.1, -0.05) is 29.8 Å². The van der Waals surface area contributed by atoms with E-state index in [1.165, 1.54) is 0 Å². The highest BCUT2D eigenvalue weighted by molar-refractivity contribution is 7.86. The Kier molecular flexibility index (Phi) is 6.34. The molecule has 3 aromatic rings. The Morgan fingerprint density at radius 2 is 1.89 bits per heavy atom. The van der Waals surface area contributed by atoms with Crippen molar-refractivity contribution in [2.75, 3.05) is 10.0 Å². The van der Waals surface area contributed by atoms with Crippen molar-refractivity contribution in [3.05, 3.63) is 76.8 Å². The molecule has 0 spiro atoms. The second-order valence-corrected chi connectivity index (χ2v) is 8.16. The van der Waals surface area contributed by atoms with Crippen molar-refractivity contribution in [2.24, 2.45) is 0 Å². The summed E-state index contributed by atoms with van der Waals surface area (Å²) in [5, 5.41) is 3.93. The van der Waals surface area contributed by atoms with Crippen molar-refractivity contribution in [1.82, 2.24) is 9.97 Å². The third-order valence-electron chi connectivity index (χ3n) is 3.82. The second-order valence-electron chi connectivity index (χ2n) is 6.14. The van der Waals surface area contributed by atoms with Gasteiger partial charge in [0.05, 0.1) is 21.3 Å². The Morgan fingerprint density at radius 3 is 2.64 bits per heavy atom. The van der Waals surface area contributed by atoms with Crippen molar-refractivity contribution < 1.29 is 4.21 Å².